The Morgan fingerprint density at radius 3 is 2.50 bits per heavy atom. The van der Waals surface area contributed by atoms with Gasteiger partial charge < -0.3 is 5.32 Å². The van der Waals surface area contributed by atoms with Crippen LogP contribution < -0.4 is 10.0 Å². The minimum Gasteiger partial charge on any atom is -0.326 e. The highest BCUT2D eigenvalue weighted by Crippen LogP contribution is 2.27. The molecule has 0 fully saturated rings. The van der Waals surface area contributed by atoms with Crippen LogP contribution in [0.15, 0.2) is 58.8 Å². The van der Waals surface area contributed by atoms with E-state index in [9.17, 15) is 13.2 Å². The lowest BCUT2D eigenvalue weighted by atomic mass is 10.2. The van der Waals surface area contributed by atoms with Crippen LogP contribution >= 0.6 is 11.3 Å². The summed E-state index contributed by atoms with van der Waals surface area (Å²) in [5, 5.41) is 4.76. The maximum atomic E-state index is 12.6. The van der Waals surface area contributed by atoms with Gasteiger partial charge in [-0.3, -0.25) is 9.52 Å². The van der Waals surface area contributed by atoms with Crippen molar-refractivity contribution in [1.82, 2.24) is 4.98 Å². The van der Waals surface area contributed by atoms with Crippen LogP contribution in [0.1, 0.15) is 12.5 Å². The quantitative estimate of drug-likeness (QED) is 0.695. The number of sulfonamides is 1. The van der Waals surface area contributed by atoms with E-state index in [4.69, 9.17) is 0 Å². The molecule has 26 heavy (non-hydrogen) atoms. The van der Waals surface area contributed by atoms with Gasteiger partial charge in [-0.1, -0.05) is 30.3 Å². The monoisotopic (exact) mass is 387 g/mol. The number of carbonyl (C=O) groups excluding carboxylic acids is 1. The van der Waals surface area contributed by atoms with E-state index in [1.54, 1.807) is 18.4 Å². The average molecular weight is 387 g/mol. The lowest BCUT2D eigenvalue weighted by molar-refractivity contribution is -0.114. The summed E-state index contributed by atoms with van der Waals surface area (Å²) in [5.41, 5.74) is 2.87. The van der Waals surface area contributed by atoms with Gasteiger partial charge in [0, 0.05) is 23.6 Å². The number of aryl methyl sites for hydroxylation is 1. The Hall–Kier alpha value is -2.71. The van der Waals surface area contributed by atoms with Crippen molar-refractivity contribution in [3.05, 3.63) is 59.5 Å². The van der Waals surface area contributed by atoms with Gasteiger partial charge in [-0.05, 0) is 30.7 Å². The second-order valence-corrected chi connectivity index (χ2v) is 8.21. The van der Waals surface area contributed by atoms with Crippen LogP contribution in [0.25, 0.3) is 11.3 Å². The van der Waals surface area contributed by atoms with E-state index in [1.807, 2.05) is 30.3 Å². The highest BCUT2D eigenvalue weighted by Gasteiger charge is 2.17. The number of nitrogens with zero attached hydrogens (tertiary/aromatic N) is 1. The molecule has 8 heteroatoms. The van der Waals surface area contributed by atoms with Crippen molar-refractivity contribution >= 4 is 38.1 Å². The van der Waals surface area contributed by atoms with E-state index in [1.165, 1.54) is 30.4 Å². The number of hydrogen-bond donors (Lipinski definition) is 2. The molecular weight excluding hydrogens is 370 g/mol. The smallest absolute Gasteiger partial charge is 0.263 e. The Labute approximate surface area is 156 Å². The fourth-order valence-electron chi connectivity index (χ4n) is 2.37. The van der Waals surface area contributed by atoms with Crippen LogP contribution in [-0.4, -0.2) is 19.3 Å². The predicted octanol–water partition coefficient (Wildman–Crippen LogP) is 3.88. The number of benzene rings is 2. The van der Waals surface area contributed by atoms with E-state index in [-0.39, 0.29) is 10.8 Å². The molecule has 0 radical (unpaired) electrons. The van der Waals surface area contributed by atoms with Crippen molar-refractivity contribution in [1.29, 1.82) is 0 Å². The zero-order valence-corrected chi connectivity index (χ0v) is 15.8. The maximum absolute atomic E-state index is 12.6. The Bertz CT molecular complexity index is 1040. The van der Waals surface area contributed by atoms with Gasteiger partial charge in [-0.15, -0.1) is 11.3 Å². The summed E-state index contributed by atoms with van der Waals surface area (Å²) < 4.78 is 27.7. The summed E-state index contributed by atoms with van der Waals surface area (Å²) in [6.07, 6.45) is 0. The first kappa shape index (κ1) is 18.1. The summed E-state index contributed by atoms with van der Waals surface area (Å²) in [5.74, 6) is -0.210. The Balaban J connectivity index is 1.82. The third kappa shape index (κ3) is 4.09. The van der Waals surface area contributed by atoms with Crippen molar-refractivity contribution in [2.24, 2.45) is 0 Å². The van der Waals surface area contributed by atoms with Crippen LogP contribution in [0.5, 0.6) is 0 Å². The number of amides is 1. The zero-order chi connectivity index (χ0) is 18.7. The molecule has 0 aliphatic rings. The third-order valence-electron chi connectivity index (χ3n) is 3.61. The molecule has 3 aromatic rings. The van der Waals surface area contributed by atoms with Crippen molar-refractivity contribution in [3.8, 4) is 11.3 Å². The molecule has 0 bridgehead atoms. The molecule has 0 spiro atoms. The largest absolute Gasteiger partial charge is 0.326 e. The number of thiazole rings is 1. The van der Waals surface area contributed by atoms with Crippen LogP contribution in [0, 0.1) is 6.92 Å². The van der Waals surface area contributed by atoms with Gasteiger partial charge in [0.1, 0.15) is 0 Å². The van der Waals surface area contributed by atoms with Crippen molar-refractivity contribution in [2.45, 2.75) is 18.7 Å². The van der Waals surface area contributed by atoms with Crippen LogP contribution in [0.2, 0.25) is 0 Å². The summed E-state index contributed by atoms with van der Waals surface area (Å²) in [4.78, 5) is 15.6. The first-order chi connectivity index (χ1) is 12.3. The topological polar surface area (TPSA) is 88.2 Å². The molecule has 2 N–H and O–H groups in total. The summed E-state index contributed by atoms with van der Waals surface area (Å²) in [6, 6.07) is 14.1. The molecule has 1 amide bonds. The molecule has 3 rings (SSSR count). The number of anilines is 2. The molecule has 0 aliphatic carbocycles. The van der Waals surface area contributed by atoms with Crippen LogP contribution in [0.3, 0.4) is 0 Å². The number of nitrogens with one attached hydrogen (secondary N) is 2. The van der Waals surface area contributed by atoms with Crippen LogP contribution in [0.4, 0.5) is 10.8 Å². The lowest BCUT2D eigenvalue weighted by Crippen LogP contribution is -2.14. The third-order valence-corrected chi connectivity index (χ3v) is 5.84. The van der Waals surface area contributed by atoms with Gasteiger partial charge >= 0.3 is 0 Å². The second kappa shape index (κ2) is 7.27. The standard InChI is InChI=1S/C18H17N3O3S2/c1-12-10-15(8-9-16(12)19-13(2)22)26(23,24)21-18-20-17(11-25-18)14-6-4-3-5-7-14/h3-11H,1-2H3,(H,19,22)(H,20,21). The van der Waals surface area contributed by atoms with Gasteiger partial charge in [0.2, 0.25) is 5.91 Å². The van der Waals surface area contributed by atoms with E-state index >= 15 is 0 Å². The number of hydrogen-bond acceptors (Lipinski definition) is 5. The second-order valence-electron chi connectivity index (χ2n) is 5.67. The van der Waals surface area contributed by atoms with E-state index in [0.717, 1.165) is 5.56 Å². The SMILES string of the molecule is CC(=O)Nc1ccc(S(=O)(=O)Nc2nc(-c3ccccc3)cs2)cc1C. The Morgan fingerprint density at radius 1 is 1.12 bits per heavy atom. The van der Waals surface area contributed by atoms with Gasteiger partial charge in [-0.25, -0.2) is 13.4 Å². The normalized spacial score (nSPS) is 11.2. The van der Waals surface area contributed by atoms with Gasteiger partial charge in [0.15, 0.2) is 5.13 Å². The lowest BCUT2D eigenvalue weighted by Gasteiger charge is -2.10. The molecule has 134 valence electrons. The predicted molar refractivity (Wildman–Crippen MR) is 104 cm³/mol. The minimum absolute atomic E-state index is 0.112. The fourth-order valence-corrected chi connectivity index (χ4v) is 4.43. The van der Waals surface area contributed by atoms with Crippen LogP contribution in [-0.2, 0) is 14.8 Å². The van der Waals surface area contributed by atoms with E-state index in [2.05, 4.69) is 15.0 Å². The number of rotatable bonds is 5. The van der Waals surface area contributed by atoms with E-state index < -0.39 is 10.0 Å². The Kier molecular flexibility index (Phi) is 5.06. The summed E-state index contributed by atoms with van der Waals surface area (Å²) in [6.45, 7) is 3.14. The molecule has 2 aromatic carbocycles. The molecule has 1 aromatic heterocycles. The Morgan fingerprint density at radius 2 is 1.85 bits per heavy atom. The summed E-state index contributed by atoms with van der Waals surface area (Å²) in [7, 11) is -3.76. The number of aromatic nitrogens is 1. The maximum Gasteiger partial charge on any atom is 0.263 e. The molecule has 0 aliphatic heterocycles. The molecule has 6 nitrogen and oxygen atoms in total. The van der Waals surface area contributed by atoms with Crippen molar-refractivity contribution in [2.75, 3.05) is 10.0 Å². The first-order valence-corrected chi connectivity index (χ1v) is 10.1. The molecule has 0 saturated carbocycles. The van der Waals surface area contributed by atoms with Crippen molar-refractivity contribution < 1.29 is 13.2 Å². The van der Waals surface area contributed by atoms with Gasteiger partial charge in [0.25, 0.3) is 10.0 Å². The summed E-state index contributed by atoms with van der Waals surface area (Å²) >= 11 is 1.22. The highest BCUT2D eigenvalue weighted by atomic mass is 32.2. The number of carbonyl (C=O) groups is 1. The molecule has 0 unspecified atom stereocenters. The highest BCUT2D eigenvalue weighted by molar-refractivity contribution is 7.93. The molecular formula is C18H17N3O3S2. The van der Waals surface area contributed by atoms with Gasteiger partial charge in [-0.2, -0.15) is 0 Å². The van der Waals surface area contributed by atoms with E-state index in [0.29, 0.717) is 22.1 Å². The zero-order valence-electron chi connectivity index (χ0n) is 14.2. The molecule has 0 saturated heterocycles. The van der Waals surface area contributed by atoms with Crippen molar-refractivity contribution in [3.63, 3.8) is 0 Å². The molecule has 1 heterocycles. The first-order valence-electron chi connectivity index (χ1n) is 7.77. The molecule has 0 atom stereocenters. The van der Waals surface area contributed by atoms with Gasteiger partial charge in [0.05, 0.1) is 10.6 Å². The average Bonchev–Trinajstić information content (AvgIpc) is 3.05. The minimum atomic E-state index is -3.76. The fraction of sp³-hybridized carbons (Fsp3) is 0.111.